The lowest BCUT2D eigenvalue weighted by Gasteiger charge is -2.14. The van der Waals surface area contributed by atoms with Gasteiger partial charge in [0, 0.05) is 14.1 Å². The molecular formula is C10H13NO5S. The Hall–Kier alpha value is -1.60. The van der Waals surface area contributed by atoms with Crippen LogP contribution in [0.4, 0.5) is 0 Å². The highest BCUT2D eigenvalue weighted by Crippen LogP contribution is 2.26. The van der Waals surface area contributed by atoms with Crippen molar-refractivity contribution in [2.45, 2.75) is 4.90 Å². The van der Waals surface area contributed by atoms with Gasteiger partial charge in [-0.1, -0.05) is 0 Å². The first-order chi connectivity index (χ1) is 7.80. The second-order valence-electron chi connectivity index (χ2n) is 3.46. The van der Waals surface area contributed by atoms with Gasteiger partial charge in [-0.3, -0.25) is 0 Å². The van der Waals surface area contributed by atoms with E-state index in [1.54, 1.807) is 0 Å². The van der Waals surface area contributed by atoms with Crippen molar-refractivity contribution in [2.75, 3.05) is 21.2 Å². The van der Waals surface area contributed by atoms with Crippen molar-refractivity contribution < 1.29 is 23.1 Å². The summed E-state index contributed by atoms with van der Waals surface area (Å²) in [5, 5.41) is 8.83. The van der Waals surface area contributed by atoms with Crippen LogP contribution in [-0.4, -0.2) is 45.0 Å². The highest BCUT2D eigenvalue weighted by Gasteiger charge is 2.23. The Morgan fingerprint density at radius 3 is 2.35 bits per heavy atom. The molecule has 94 valence electrons. The van der Waals surface area contributed by atoms with Crippen LogP contribution >= 0.6 is 0 Å². The number of carbonyl (C=O) groups is 1. The zero-order chi connectivity index (χ0) is 13.2. The Balaban J connectivity index is 3.49. The Kier molecular flexibility index (Phi) is 3.74. The molecule has 0 heterocycles. The van der Waals surface area contributed by atoms with E-state index in [-0.39, 0.29) is 16.2 Å². The van der Waals surface area contributed by atoms with Crippen LogP contribution in [0.1, 0.15) is 10.4 Å². The standard InChI is InChI=1S/C10H13NO5S/c1-11(2)17(14,15)9-6-7(10(12)13)4-5-8(9)16-3/h4-6H,1-3H3,(H,12,13). The number of carboxylic acids is 1. The highest BCUT2D eigenvalue weighted by atomic mass is 32.2. The molecule has 0 aliphatic rings. The van der Waals surface area contributed by atoms with E-state index >= 15 is 0 Å². The van der Waals surface area contributed by atoms with Crippen LogP contribution in [0.5, 0.6) is 5.75 Å². The third-order valence-corrected chi connectivity index (χ3v) is 4.01. The number of ether oxygens (including phenoxy) is 1. The Labute approximate surface area is 99.5 Å². The molecule has 7 heteroatoms. The summed E-state index contributed by atoms with van der Waals surface area (Å²) in [7, 11) is 0.320. The number of methoxy groups -OCH3 is 1. The first-order valence-corrected chi connectivity index (χ1v) is 6.08. The van der Waals surface area contributed by atoms with Gasteiger partial charge in [0.25, 0.3) is 0 Å². The molecular weight excluding hydrogens is 246 g/mol. The van der Waals surface area contributed by atoms with E-state index in [9.17, 15) is 13.2 Å². The molecule has 1 N–H and O–H groups in total. The average molecular weight is 259 g/mol. The lowest BCUT2D eigenvalue weighted by atomic mass is 10.2. The van der Waals surface area contributed by atoms with Crippen LogP contribution in [0.3, 0.4) is 0 Å². The fraction of sp³-hybridized carbons (Fsp3) is 0.300. The zero-order valence-corrected chi connectivity index (χ0v) is 10.5. The number of sulfonamides is 1. The summed E-state index contributed by atoms with van der Waals surface area (Å²) < 4.78 is 29.8. The maximum absolute atomic E-state index is 11.9. The van der Waals surface area contributed by atoms with Gasteiger partial charge in [0.05, 0.1) is 12.7 Å². The predicted octanol–water partition coefficient (Wildman–Crippen LogP) is 0.644. The minimum atomic E-state index is -3.73. The van der Waals surface area contributed by atoms with Gasteiger partial charge in [-0.2, -0.15) is 0 Å². The molecule has 0 aliphatic heterocycles. The molecule has 0 aliphatic carbocycles. The highest BCUT2D eigenvalue weighted by molar-refractivity contribution is 7.89. The second-order valence-corrected chi connectivity index (χ2v) is 5.58. The fourth-order valence-electron chi connectivity index (χ4n) is 1.21. The van der Waals surface area contributed by atoms with Crippen LogP contribution < -0.4 is 4.74 Å². The molecule has 0 saturated carbocycles. The number of hydrogen-bond acceptors (Lipinski definition) is 4. The topological polar surface area (TPSA) is 83.9 Å². The SMILES string of the molecule is COc1ccc(C(=O)O)cc1S(=O)(=O)N(C)C. The predicted molar refractivity (Wildman–Crippen MR) is 60.8 cm³/mol. The first-order valence-electron chi connectivity index (χ1n) is 4.64. The molecule has 0 atom stereocenters. The fourth-order valence-corrected chi connectivity index (χ4v) is 2.28. The molecule has 0 radical (unpaired) electrons. The number of nitrogens with zero attached hydrogens (tertiary/aromatic N) is 1. The first kappa shape index (κ1) is 13.5. The quantitative estimate of drug-likeness (QED) is 0.858. The minimum Gasteiger partial charge on any atom is -0.495 e. The van der Waals surface area contributed by atoms with Crippen LogP contribution in [0, 0.1) is 0 Å². The molecule has 0 amide bonds. The molecule has 0 bridgehead atoms. The van der Waals surface area contributed by atoms with Gasteiger partial charge >= 0.3 is 5.97 Å². The van der Waals surface area contributed by atoms with Crippen LogP contribution in [0.25, 0.3) is 0 Å². The summed E-state index contributed by atoms with van der Waals surface area (Å²) in [6.07, 6.45) is 0. The van der Waals surface area contributed by atoms with Gasteiger partial charge in [-0.15, -0.1) is 0 Å². The largest absolute Gasteiger partial charge is 0.495 e. The van der Waals surface area contributed by atoms with Crippen LogP contribution in [0.15, 0.2) is 23.1 Å². The number of rotatable bonds is 4. The Morgan fingerprint density at radius 2 is 1.94 bits per heavy atom. The van der Waals surface area contributed by atoms with Gasteiger partial charge in [0.1, 0.15) is 10.6 Å². The van der Waals surface area contributed by atoms with Gasteiger partial charge < -0.3 is 9.84 Å². The third kappa shape index (κ3) is 2.56. The molecule has 17 heavy (non-hydrogen) atoms. The van der Waals surface area contributed by atoms with E-state index in [4.69, 9.17) is 9.84 Å². The molecule has 0 unspecified atom stereocenters. The van der Waals surface area contributed by atoms with E-state index in [0.29, 0.717) is 0 Å². The van der Waals surface area contributed by atoms with Crippen molar-refractivity contribution in [3.63, 3.8) is 0 Å². The van der Waals surface area contributed by atoms with Crippen LogP contribution in [0.2, 0.25) is 0 Å². The van der Waals surface area contributed by atoms with Crippen molar-refractivity contribution >= 4 is 16.0 Å². The van der Waals surface area contributed by atoms with Gasteiger partial charge in [0.2, 0.25) is 10.0 Å². The average Bonchev–Trinajstić information content (AvgIpc) is 2.27. The molecule has 0 aromatic heterocycles. The monoisotopic (exact) mass is 259 g/mol. The maximum Gasteiger partial charge on any atom is 0.335 e. The van der Waals surface area contributed by atoms with Crippen molar-refractivity contribution in [3.05, 3.63) is 23.8 Å². The molecule has 0 spiro atoms. The molecule has 1 aromatic rings. The lowest BCUT2D eigenvalue weighted by molar-refractivity contribution is 0.0696. The summed E-state index contributed by atoms with van der Waals surface area (Å²) in [4.78, 5) is 10.6. The lowest BCUT2D eigenvalue weighted by Crippen LogP contribution is -2.23. The third-order valence-electron chi connectivity index (χ3n) is 2.17. The van der Waals surface area contributed by atoms with E-state index in [1.807, 2.05) is 0 Å². The zero-order valence-electron chi connectivity index (χ0n) is 9.67. The maximum atomic E-state index is 11.9. The number of hydrogen-bond donors (Lipinski definition) is 1. The number of carboxylic acid groups (broad SMARTS) is 1. The van der Waals surface area contributed by atoms with Gasteiger partial charge in [0.15, 0.2) is 0 Å². The van der Waals surface area contributed by atoms with Crippen molar-refractivity contribution in [1.82, 2.24) is 4.31 Å². The van der Waals surface area contributed by atoms with Gasteiger partial charge in [-0.05, 0) is 18.2 Å². The molecule has 0 saturated heterocycles. The smallest absolute Gasteiger partial charge is 0.335 e. The van der Waals surface area contributed by atoms with Crippen molar-refractivity contribution in [2.24, 2.45) is 0 Å². The van der Waals surface area contributed by atoms with E-state index in [0.717, 1.165) is 10.4 Å². The molecule has 6 nitrogen and oxygen atoms in total. The second kappa shape index (κ2) is 4.72. The number of aromatic carboxylic acids is 1. The molecule has 1 aromatic carbocycles. The van der Waals surface area contributed by atoms with Gasteiger partial charge in [-0.25, -0.2) is 17.5 Å². The summed E-state index contributed by atoms with van der Waals surface area (Å²) in [6.45, 7) is 0. The van der Waals surface area contributed by atoms with Crippen molar-refractivity contribution in [1.29, 1.82) is 0 Å². The normalized spacial score (nSPS) is 11.5. The molecule has 0 fully saturated rings. The van der Waals surface area contributed by atoms with Crippen molar-refractivity contribution in [3.8, 4) is 5.75 Å². The van der Waals surface area contributed by atoms with E-state index in [1.165, 1.54) is 33.3 Å². The summed E-state index contributed by atoms with van der Waals surface area (Å²) in [5.41, 5.74) is -0.105. The Bertz CT molecular complexity index is 536. The van der Waals surface area contributed by atoms with Crippen LogP contribution in [-0.2, 0) is 10.0 Å². The summed E-state index contributed by atoms with van der Waals surface area (Å²) >= 11 is 0. The summed E-state index contributed by atoms with van der Waals surface area (Å²) in [6, 6.07) is 3.69. The minimum absolute atomic E-state index is 0.105. The number of benzene rings is 1. The van der Waals surface area contributed by atoms with E-state index < -0.39 is 16.0 Å². The van der Waals surface area contributed by atoms with E-state index in [2.05, 4.69) is 0 Å². The summed E-state index contributed by atoms with van der Waals surface area (Å²) in [5.74, 6) is -1.08. The Morgan fingerprint density at radius 1 is 1.35 bits per heavy atom. The molecule has 1 rings (SSSR count).